The van der Waals surface area contributed by atoms with Gasteiger partial charge in [-0.15, -0.1) is 0 Å². The van der Waals surface area contributed by atoms with Crippen molar-refractivity contribution in [1.82, 2.24) is 15.3 Å². The molecular weight excluding hydrogens is 206 g/mol. The van der Waals surface area contributed by atoms with Crippen molar-refractivity contribution in [2.45, 2.75) is 20.4 Å². The van der Waals surface area contributed by atoms with E-state index in [0.29, 0.717) is 17.9 Å². The van der Waals surface area contributed by atoms with Crippen molar-refractivity contribution >= 4 is 11.7 Å². The third kappa shape index (κ3) is 3.30. The Morgan fingerprint density at radius 1 is 1.56 bits per heavy atom. The lowest BCUT2D eigenvalue weighted by Crippen LogP contribution is -2.28. The molecule has 0 unspecified atom stereocenters. The van der Waals surface area contributed by atoms with Crippen LogP contribution >= 0.6 is 0 Å². The number of rotatable bonds is 4. The maximum absolute atomic E-state index is 11.3. The zero-order chi connectivity index (χ0) is 12.1. The summed E-state index contributed by atoms with van der Waals surface area (Å²) < 4.78 is 0. The summed E-state index contributed by atoms with van der Waals surface area (Å²) in [5.74, 6) is -0.247. The van der Waals surface area contributed by atoms with Crippen molar-refractivity contribution < 1.29 is 4.79 Å². The lowest BCUT2D eigenvalue weighted by Gasteiger charge is -2.07. The van der Waals surface area contributed by atoms with Crippen LogP contribution < -0.4 is 11.1 Å². The summed E-state index contributed by atoms with van der Waals surface area (Å²) in [6.07, 6.45) is 2.95. The molecule has 1 rings (SSSR count). The zero-order valence-electron chi connectivity index (χ0n) is 9.32. The third-order valence-electron chi connectivity index (χ3n) is 1.93. The van der Waals surface area contributed by atoms with Gasteiger partial charge < -0.3 is 11.1 Å². The molecule has 1 amide bonds. The van der Waals surface area contributed by atoms with E-state index in [1.165, 1.54) is 12.4 Å². The van der Waals surface area contributed by atoms with Gasteiger partial charge in [-0.25, -0.2) is 4.98 Å². The van der Waals surface area contributed by atoms with E-state index in [4.69, 9.17) is 11.1 Å². The molecule has 0 bridgehead atoms. The van der Waals surface area contributed by atoms with Crippen molar-refractivity contribution in [2.24, 2.45) is 11.7 Å². The van der Waals surface area contributed by atoms with Gasteiger partial charge in [-0.3, -0.25) is 15.2 Å². The van der Waals surface area contributed by atoms with Gasteiger partial charge in [0.2, 0.25) is 5.91 Å². The van der Waals surface area contributed by atoms with Gasteiger partial charge in [-0.05, 0) is 0 Å². The number of carbonyl (C=O) groups is 1. The van der Waals surface area contributed by atoms with E-state index in [2.05, 4.69) is 15.3 Å². The van der Waals surface area contributed by atoms with Crippen molar-refractivity contribution in [3.63, 3.8) is 0 Å². The summed E-state index contributed by atoms with van der Waals surface area (Å²) in [6.45, 7) is 3.92. The Labute approximate surface area is 93.8 Å². The predicted octanol–water partition coefficient (Wildman–Crippen LogP) is 0.0329. The summed E-state index contributed by atoms with van der Waals surface area (Å²) in [5, 5.41) is 9.92. The molecule has 0 fully saturated rings. The van der Waals surface area contributed by atoms with Gasteiger partial charge in [0.25, 0.3) is 0 Å². The molecule has 0 aliphatic rings. The molecule has 16 heavy (non-hydrogen) atoms. The molecule has 6 nitrogen and oxygen atoms in total. The fourth-order valence-electron chi connectivity index (χ4n) is 1.00. The molecular formula is C10H15N5O. The van der Waals surface area contributed by atoms with Crippen LogP contribution in [0.4, 0.5) is 0 Å². The van der Waals surface area contributed by atoms with Crippen molar-refractivity contribution in [2.75, 3.05) is 0 Å². The van der Waals surface area contributed by atoms with Gasteiger partial charge in [-0.1, -0.05) is 13.8 Å². The number of aromatic nitrogens is 2. The van der Waals surface area contributed by atoms with Crippen molar-refractivity contribution in [3.8, 4) is 0 Å². The maximum Gasteiger partial charge on any atom is 0.222 e. The molecule has 6 heteroatoms. The van der Waals surface area contributed by atoms with E-state index in [9.17, 15) is 4.79 Å². The first kappa shape index (κ1) is 12.1. The topological polar surface area (TPSA) is 105 Å². The second-order valence-electron chi connectivity index (χ2n) is 3.68. The molecule has 4 N–H and O–H groups in total. The van der Waals surface area contributed by atoms with Crippen LogP contribution in [0.25, 0.3) is 0 Å². The number of hydrogen-bond donors (Lipinski definition) is 3. The fraction of sp³-hybridized carbons (Fsp3) is 0.400. The highest BCUT2D eigenvalue weighted by molar-refractivity contribution is 5.92. The second-order valence-corrected chi connectivity index (χ2v) is 3.68. The number of nitrogens with one attached hydrogen (secondary N) is 2. The van der Waals surface area contributed by atoms with Gasteiger partial charge in [0.1, 0.15) is 11.5 Å². The standard InChI is InChI=1S/C10H15N5O/c1-6(2)10(16)14-4-7-3-13-5-8(15-7)9(11)12/h3,5-6H,4H2,1-2H3,(H3,11,12)(H,14,16). The van der Waals surface area contributed by atoms with Crippen LogP contribution in [0.5, 0.6) is 0 Å². The minimum Gasteiger partial charge on any atom is -0.382 e. The first-order valence-electron chi connectivity index (χ1n) is 4.93. The van der Waals surface area contributed by atoms with Gasteiger partial charge in [-0.2, -0.15) is 0 Å². The molecule has 1 aromatic heterocycles. The molecule has 1 aromatic rings. The molecule has 0 atom stereocenters. The maximum atomic E-state index is 11.3. The predicted molar refractivity (Wildman–Crippen MR) is 59.7 cm³/mol. The summed E-state index contributed by atoms with van der Waals surface area (Å²) in [5.41, 5.74) is 6.18. The lowest BCUT2D eigenvalue weighted by molar-refractivity contribution is -0.124. The normalized spacial score (nSPS) is 10.2. The Balaban J connectivity index is 2.64. The quantitative estimate of drug-likeness (QED) is 0.493. The van der Waals surface area contributed by atoms with E-state index in [1.807, 2.05) is 13.8 Å². The van der Waals surface area contributed by atoms with Crippen molar-refractivity contribution in [1.29, 1.82) is 5.41 Å². The van der Waals surface area contributed by atoms with Crippen LogP contribution in [0.3, 0.4) is 0 Å². The second kappa shape index (κ2) is 5.20. The molecule has 0 saturated heterocycles. The number of hydrogen-bond acceptors (Lipinski definition) is 4. The van der Waals surface area contributed by atoms with E-state index >= 15 is 0 Å². The first-order chi connectivity index (χ1) is 7.50. The smallest absolute Gasteiger partial charge is 0.222 e. The molecule has 86 valence electrons. The van der Waals surface area contributed by atoms with Gasteiger partial charge in [0.15, 0.2) is 0 Å². The Hall–Kier alpha value is -1.98. The summed E-state index contributed by atoms with van der Waals surface area (Å²) in [6, 6.07) is 0. The monoisotopic (exact) mass is 221 g/mol. The largest absolute Gasteiger partial charge is 0.382 e. The summed E-state index contributed by atoms with van der Waals surface area (Å²) in [7, 11) is 0. The minimum absolute atomic E-state index is 0.0463. The van der Waals surface area contributed by atoms with Crippen LogP contribution in [-0.4, -0.2) is 21.7 Å². The van der Waals surface area contributed by atoms with Crippen LogP contribution in [-0.2, 0) is 11.3 Å². The molecule has 0 aliphatic carbocycles. The number of carbonyl (C=O) groups excluding carboxylic acids is 1. The first-order valence-corrected chi connectivity index (χ1v) is 4.93. The lowest BCUT2D eigenvalue weighted by atomic mass is 10.2. The molecule has 1 heterocycles. The summed E-state index contributed by atoms with van der Waals surface area (Å²) in [4.78, 5) is 19.3. The van der Waals surface area contributed by atoms with Gasteiger partial charge >= 0.3 is 0 Å². The summed E-state index contributed by atoms with van der Waals surface area (Å²) >= 11 is 0. The average molecular weight is 221 g/mol. The Kier molecular flexibility index (Phi) is 3.93. The van der Waals surface area contributed by atoms with Crippen LogP contribution in [0.15, 0.2) is 12.4 Å². The number of amidine groups is 1. The molecule has 0 spiro atoms. The highest BCUT2D eigenvalue weighted by Gasteiger charge is 2.07. The fourth-order valence-corrected chi connectivity index (χ4v) is 1.00. The van der Waals surface area contributed by atoms with E-state index < -0.39 is 0 Å². The molecule has 0 aromatic carbocycles. The van der Waals surface area contributed by atoms with E-state index in [-0.39, 0.29) is 17.7 Å². The van der Waals surface area contributed by atoms with E-state index in [0.717, 1.165) is 0 Å². The van der Waals surface area contributed by atoms with Gasteiger partial charge in [0.05, 0.1) is 24.6 Å². The molecule has 0 radical (unpaired) electrons. The third-order valence-corrected chi connectivity index (χ3v) is 1.93. The van der Waals surface area contributed by atoms with Gasteiger partial charge in [0, 0.05) is 5.92 Å². The van der Waals surface area contributed by atoms with Crippen LogP contribution in [0, 0.1) is 11.3 Å². The number of amides is 1. The Morgan fingerprint density at radius 2 is 2.25 bits per heavy atom. The highest BCUT2D eigenvalue weighted by atomic mass is 16.1. The average Bonchev–Trinajstić information content (AvgIpc) is 2.26. The number of nitrogens with two attached hydrogens (primary N) is 1. The van der Waals surface area contributed by atoms with Crippen LogP contribution in [0.2, 0.25) is 0 Å². The minimum atomic E-state index is -0.135. The number of nitrogen functional groups attached to an aromatic ring is 1. The van der Waals surface area contributed by atoms with Crippen LogP contribution in [0.1, 0.15) is 25.2 Å². The Morgan fingerprint density at radius 3 is 2.81 bits per heavy atom. The van der Waals surface area contributed by atoms with Crippen molar-refractivity contribution in [3.05, 3.63) is 23.8 Å². The molecule has 0 aliphatic heterocycles. The zero-order valence-corrected chi connectivity index (χ0v) is 9.32. The number of nitrogens with zero attached hydrogens (tertiary/aromatic N) is 2. The highest BCUT2D eigenvalue weighted by Crippen LogP contribution is 1.97. The molecule has 0 saturated carbocycles. The SMILES string of the molecule is CC(C)C(=O)NCc1cncc(C(=N)N)n1. The Bertz CT molecular complexity index is 402. The van der Waals surface area contributed by atoms with E-state index in [1.54, 1.807) is 0 Å².